The Morgan fingerprint density at radius 2 is 2.22 bits per heavy atom. The summed E-state index contributed by atoms with van der Waals surface area (Å²) < 4.78 is 5.67. The number of ether oxygens (including phenoxy) is 1. The molecule has 3 heteroatoms. The molecule has 0 spiro atoms. The number of nitrogens with one attached hydrogen (secondary N) is 1. The van der Waals surface area contributed by atoms with Crippen molar-refractivity contribution in [3.05, 3.63) is 29.8 Å². The van der Waals surface area contributed by atoms with Crippen LogP contribution in [-0.2, 0) is 0 Å². The zero-order chi connectivity index (χ0) is 13.4. The van der Waals surface area contributed by atoms with Crippen LogP contribution in [0, 0.1) is 18.3 Å². The number of hydrogen-bond acceptors (Lipinski definition) is 3. The van der Waals surface area contributed by atoms with Crippen LogP contribution in [0.5, 0.6) is 5.75 Å². The molecule has 0 saturated carbocycles. The quantitative estimate of drug-likeness (QED) is 0.752. The zero-order valence-electron chi connectivity index (χ0n) is 11.5. The van der Waals surface area contributed by atoms with Crippen molar-refractivity contribution in [1.29, 1.82) is 5.26 Å². The van der Waals surface area contributed by atoms with Gasteiger partial charge in [-0.2, -0.15) is 5.26 Å². The van der Waals surface area contributed by atoms with E-state index in [9.17, 15) is 0 Å². The lowest BCUT2D eigenvalue weighted by Crippen LogP contribution is -2.40. The third-order valence-corrected chi connectivity index (χ3v) is 2.89. The average molecular weight is 246 g/mol. The fourth-order valence-corrected chi connectivity index (χ4v) is 1.89. The van der Waals surface area contributed by atoms with Crippen molar-refractivity contribution in [3.8, 4) is 11.8 Å². The number of benzene rings is 1. The van der Waals surface area contributed by atoms with Gasteiger partial charge >= 0.3 is 0 Å². The Kier molecular flexibility index (Phi) is 5.67. The minimum atomic E-state index is -0.440. The van der Waals surface area contributed by atoms with E-state index in [-0.39, 0.29) is 0 Å². The third kappa shape index (κ3) is 4.77. The second kappa shape index (κ2) is 7.03. The molecule has 0 aliphatic rings. The molecule has 0 radical (unpaired) electrons. The van der Waals surface area contributed by atoms with Gasteiger partial charge in [-0.05, 0) is 50.9 Å². The van der Waals surface area contributed by atoms with Crippen LogP contribution in [0.25, 0.3) is 0 Å². The van der Waals surface area contributed by atoms with Crippen molar-refractivity contribution in [2.24, 2.45) is 0 Å². The van der Waals surface area contributed by atoms with E-state index in [1.54, 1.807) is 0 Å². The Labute approximate surface area is 110 Å². The summed E-state index contributed by atoms with van der Waals surface area (Å²) in [5.74, 6) is 0.900. The molecule has 0 aliphatic carbocycles. The lowest BCUT2D eigenvalue weighted by atomic mass is 9.98. The molecular formula is C15H22N2O. The SMILES string of the molecule is CCNC(C)(C#N)CCCOc1cccc(C)c1. The minimum Gasteiger partial charge on any atom is -0.494 e. The Hall–Kier alpha value is -1.53. The summed E-state index contributed by atoms with van der Waals surface area (Å²) in [5.41, 5.74) is 0.757. The highest BCUT2D eigenvalue weighted by Gasteiger charge is 2.21. The maximum absolute atomic E-state index is 9.12. The maximum Gasteiger partial charge on any atom is 0.119 e. The summed E-state index contributed by atoms with van der Waals surface area (Å²) >= 11 is 0. The number of rotatable bonds is 7. The van der Waals surface area contributed by atoms with Crippen LogP contribution in [-0.4, -0.2) is 18.7 Å². The van der Waals surface area contributed by atoms with Crippen LogP contribution < -0.4 is 10.1 Å². The first-order valence-electron chi connectivity index (χ1n) is 6.45. The van der Waals surface area contributed by atoms with Crippen molar-refractivity contribution < 1.29 is 4.74 Å². The Morgan fingerprint density at radius 1 is 1.44 bits per heavy atom. The smallest absolute Gasteiger partial charge is 0.119 e. The van der Waals surface area contributed by atoms with Gasteiger partial charge in [0.25, 0.3) is 0 Å². The molecule has 0 saturated heterocycles. The molecule has 0 heterocycles. The van der Waals surface area contributed by atoms with Crippen molar-refractivity contribution in [1.82, 2.24) is 5.32 Å². The van der Waals surface area contributed by atoms with Gasteiger partial charge in [-0.25, -0.2) is 0 Å². The first-order valence-corrected chi connectivity index (χ1v) is 6.45. The normalized spacial score (nSPS) is 13.7. The van der Waals surface area contributed by atoms with E-state index in [0.29, 0.717) is 6.61 Å². The first kappa shape index (κ1) is 14.5. The highest BCUT2D eigenvalue weighted by molar-refractivity contribution is 5.27. The van der Waals surface area contributed by atoms with Gasteiger partial charge in [-0.3, -0.25) is 5.32 Å². The van der Waals surface area contributed by atoms with Gasteiger partial charge < -0.3 is 4.74 Å². The topological polar surface area (TPSA) is 45.0 Å². The summed E-state index contributed by atoms with van der Waals surface area (Å²) in [6.45, 7) is 7.45. The zero-order valence-corrected chi connectivity index (χ0v) is 11.5. The molecule has 0 amide bonds. The maximum atomic E-state index is 9.12. The van der Waals surface area contributed by atoms with Gasteiger partial charge in [0.2, 0.25) is 0 Å². The lowest BCUT2D eigenvalue weighted by Gasteiger charge is -2.22. The van der Waals surface area contributed by atoms with E-state index in [1.165, 1.54) is 5.56 Å². The second-order valence-corrected chi connectivity index (χ2v) is 4.74. The van der Waals surface area contributed by atoms with Gasteiger partial charge in [-0.1, -0.05) is 19.1 Å². The summed E-state index contributed by atoms with van der Waals surface area (Å²) in [5, 5.41) is 12.3. The molecule has 1 rings (SSSR count). The van der Waals surface area contributed by atoms with E-state index < -0.39 is 5.54 Å². The molecule has 1 aromatic carbocycles. The molecular weight excluding hydrogens is 224 g/mol. The Balaban J connectivity index is 2.32. The number of nitrogens with zero attached hydrogens (tertiary/aromatic N) is 1. The molecule has 98 valence electrons. The standard InChI is InChI=1S/C15H22N2O/c1-4-17-15(3,12-16)9-6-10-18-14-8-5-7-13(2)11-14/h5,7-8,11,17H,4,6,9-10H2,1-3H3. The van der Waals surface area contributed by atoms with Crippen LogP contribution in [0.2, 0.25) is 0 Å². The Bertz CT molecular complexity index is 411. The van der Waals surface area contributed by atoms with E-state index in [0.717, 1.165) is 25.1 Å². The largest absolute Gasteiger partial charge is 0.494 e. The van der Waals surface area contributed by atoms with Crippen LogP contribution in [0.4, 0.5) is 0 Å². The molecule has 1 unspecified atom stereocenters. The van der Waals surface area contributed by atoms with Crippen molar-refractivity contribution in [2.45, 2.75) is 39.2 Å². The molecule has 1 atom stereocenters. The van der Waals surface area contributed by atoms with Crippen molar-refractivity contribution in [3.63, 3.8) is 0 Å². The highest BCUT2D eigenvalue weighted by atomic mass is 16.5. The number of hydrogen-bond donors (Lipinski definition) is 1. The molecule has 18 heavy (non-hydrogen) atoms. The first-order chi connectivity index (χ1) is 8.59. The van der Waals surface area contributed by atoms with Gasteiger partial charge in [-0.15, -0.1) is 0 Å². The predicted molar refractivity (Wildman–Crippen MR) is 73.6 cm³/mol. The van der Waals surface area contributed by atoms with Crippen LogP contribution in [0.3, 0.4) is 0 Å². The predicted octanol–water partition coefficient (Wildman–Crippen LogP) is 3.05. The average Bonchev–Trinajstić information content (AvgIpc) is 2.35. The Morgan fingerprint density at radius 3 is 2.83 bits per heavy atom. The van der Waals surface area contributed by atoms with Crippen molar-refractivity contribution in [2.75, 3.05) is 13.2 Å². The molecule has 0 fully saturated rings. The minimum absolute atomic E-state index is 0.440. The highest BCUT2D eigenvalue weighted by Crippen LogP contribution is 2.15. The van der Waals surface area contributed by atoms with Gasteiger partial charge in [0.05, 0.1) is 12.7 Å². The molecule has 0 bridgehead atoms. The van der Waals surface area contributed by atoms with Gasteiger partial charge in [0.1, 0.15) is 11.3 Å². The summed E-state index contributed by atoms with van der Waals surface area (Å²) in [4.78, 5) is 0. The van der Waals surface area contributed by atoms with Crippen molar-refractivity contribution >= 4 is 0 Å². The monoisotopic (exact) mass is 246 g/mol. The van der Waals surface area contributed by atoms with Crippen LogP contribution in [0.15, 0.2) is 24.3 Å². The van der Waals surface area contributed by atoms with Crippen LogP contribution >= 0.6 is 0 Å². The van der Waals surface area contributed by atoms with E-state index in [2.05, 4.69) is 11.4 Å². The fourth-order valence-electron chi connectivity index (χ4n) is 1.89. The van der Waals surface area contributed by atoms with E-state index >= 15 is 0 Å². The van der Waals surface area contributed by atoms with Gasteiger partial charge in [0, 0.05) is 0 Å². The van der Waals surface area contributed by atoms with Crippen LogP contribution in [0.1, 0.15) is 32.3 Å². The number of nitriles is 1. The second-order valence-electron chi connectivity index (χ2n) is 4.74. The lowest BCUT2D eigenvalue weighted by molar-refractivity contribution is 0.286. The molecule has 0 aliphatic heterocycles. The molecule has 1 aromatic rings. The molecule has 3 nitrogen and oxygen atoms in total. The summed E-state index contributed by atoms with van der Waals surface area (Å²) in [6, 6.07) is 10.3. The van der Waals surface area contributed by atoms with Gasteiger partial charge in [0.15, 0.2) is 0 Å². The molecule has 1 N–H and O–H groups in total. The van der Waals surface area contributed by atoms with E-state index in [4.69, 9.17) is 10.00 Å². The number of aryl methyl sites for hydroxylation is 1. The summed E-state index contributed by atoms with van der Waals surface area (Å²) in [6.07, 6.45) is 1.66. The molecule has 0 aromatic heterocycles. The fraction of sp³-hybridized carbons (Fsp3) is 0.533. The third-order valence-electron chi connectivity index (χ3n) is 2.89. The summed E-state index contributed by atoms with van der Waals surface area (Å²) in [7, 11) is 0. The van der Waals surface area contributed by atoms with E-state index in [1.807, 2.05) is 45.0 Å².